The summed E-state index contributed by atoms with van der Waals surface area (Å²) < 4.78 is 5.18. The van der Waals surface area contributed by atoms with Gasteiger partial charge in [0, 0.05) is 25.9 Å². The van der Waals surface area contributed by atoms with E-state index < -0.39 is 11.7 Å². The topological polar surface area (TPSA) is 95.9 Å². The van der Waals surface area contributed by atoms with Gasteiger partial charge in [0.2, 0.25) is 11.8 Å². The Morgan fingerprint density at radius 2 is 1.87 bits per heavy atom. The van der Waals surface area contributed by atoms with Crippen molar-refractivity contribution in [3.63, 3.8) is 0 Å². The summed E-state index contributed by atoms with van der Waals surface area (Å²) in [4.78, 5) is 36.5. The lowest BCUT2D eigenvalue weighted by molar-refractivity contribution is -0.155. The highest BCUT2D eigenvalue weighted by Gasteiger charge is 2.24. The van der Waals surface area contributed by atoms with Crippen LogP contribution in [0.3, 0.4) is 0 Å². The Labute approximate surface area is 137 Å². The average Bonchev–Trinajstić information content (AvgIpc) is 2.85. The third kappa shape index (κ3) is 8.54. The number of carbonyl (C=O) groups is 3. The number of ether oxygens (including phenoxy) is 1. The minimum absolute atomic E-state index is 0.0440. The smallest absolute Gasteiger partial charge is 0.306 e. The maximum absolute atomic E-state index is 11.8. The van der Waals surface area contributed by atoms with Crippen LogP contribution >= 0.6 is 0 Å². The molecule has 0 aromatic rings. The van der Waals surface area contributed by atoms with E-state index in [0.717, 1.165) is 0 Å². The summed E-state index contributed by atoms with van der Waals surface area (Å²) >= 11 is 0. The second-order valence-electron chi connectivity index (χ2n) is 6.85. The van der Waals surface area contributed by atoms with Crippen LogP contribution in [0.1, 0.15) is 52.9 Å². The van der Waals surface area contributed by atoms with Gasteiger partial charge in [-0.1, -0.05) is 0 Å². The number of nitrogens with one attached hydrogen (secondary N) is 1. The van der Waals surface area contributed by atoms with Gasteiger partial charge in [-0.05, 0) is 40.0 Å². The van der Waals surface area contributed by atoms with Crippen molar-refractivity contribution in [1.29, 1.82) is 0 Å². The van der Waals surface area contributed by atoms with Crippen LogP contribution in [0, 0.1) is 0 Å². The predicted molar refractivity (Wildman–Crippen MR) is 84.5 cm³/mol. The first-order valence-electron chi connectivity index (χ1n) is 8.12. The van der Waals surface area contributed by atoms with E-state index in [2.05, 4.69) is 5.32 Å². The summed E-state index contributed by atoms with van der Waals surface area (Å²) in [5.74, 6) is -0.647. The van der Waals surface area contributed by atoms with Crippen LogP contribution < -0.4 is 5.32 Å². The van der Waals surface area contributed by atoms with E-state index in [1.54, 1.807) is 4.90 Å². The number of aliphatic hydroxyl groups is 1. The molecule has 1 saturated heterocycles. The Morgan fingerprint density at radius 3 is 2.43 bits per heavy atom. The second-order valence-corrected chi connectivity index (χ2v) is 6.85. The van der Waals surface area contributed by atoms with Gasteiger partial charge >= 0.3 is 5.97 Å². The number of aliphatic hydroxyl groups excluding tert-OH is 1. The predicted octanol–water partition coefficient (Wildman–Crippen LogP) is 0.598. The third-order valence-corrected chi connectivity index (χ3v) is 3.41. The van der Waals surface area contributed by atoms with E-state index in [9.17, 15) is 19.5 Å². The van der Waals surface area contributed by atoms with E-state index in [1.165, 1.54) is 0 Å². The number of nitrogens with zero attached hydrogens (tertiary/aromatic N) is 1. The molecule has 0 radical (unpaired) electrons. The number of carbonyl (C=O) groups excluding carboxylic acids is 3. The summed E-state index contributed by atoms with van der Waals surface area (Å²) in [7, 11) is 0. The zero-order valence-corrected chi connectivity index (χ0v) is 14.3. The molecule has 132 valence electrons. The first-order chi connectivity index (χ1) is 10.7. The van der Waals surface area contributed by atoms with Crippen LogP contribution in [0.25, 0.3) is 0 Å². The van der Waals surface area contributed by atoms with Crippen molar-refractivity contribution in [2.24, 2.45) is 0 Å². The van der Waals surface area contributed by atoms with Crippen molar-refractivity contribution in [3.8, 4) is 0 Å². The molecule has 1 aliphatic heterocycles. The van der Waals surface area contributed by atoms with E-state index in [-0.39, 0.29) is 37.2 Å². The first-order valence-corrected chi connectivity index (χ1v) is 8.12. The summed E-state index contributed by atoms with van der Waals surface area (Å²) in [6.07, 6.45) is 1.84. The van der Waals surface area contributed by atoms with Crippen LogP contribution in [-0.2, 0) is 19.1 Å². The molecular formula is C16H28N2O5. The van der Waals surface area contributed by atoms with Gasteiger partial charge in [0.25, 0.3) is 0 Å². The number of amides is 2. The highest BCUT2D eigenvalue weighted by molar-refractivity contribution is 5.84. The van der Waals surface area contributed by atoms with Gasteiger partial charge in [0.15, 0.2) is 0 Å². The maximum Gasteiger partial charge on any atom is 0.306 e. The number of esters is 1. The second kappa shape index (κ2) is 8.86. The molecule has 1 rings (SSSR count). The van der Waals surface area contributed by atoms with Crippen LogP contribution in [-0.4, -0.2) is 59.1 Å². The summed E-state index contributed by atoms with van der Waals surface area (Å²) in [6, 6.07) is 0. The highest BCUT2D eigenvalue weighted by atomic mass is 16.6. The fourth-order valence-electron chi connectivity index (χ4n) is 2.29. The van der Waals surface area contributed by atoms with Gasteiger partial charge in [0.05, 0.1) is 12.6 Å². The van der Waals surface area contributed by atoms with Crippen molar-refractivity contribution in [2.75, 3.05) is 19.6 Å². The van der Waals surface area contributed by atoms with Crippen molar-refractivity contribution in [2.45, 2.75) is 64.6 Å². The van der Waals surface area contributed by atoms with Gasteiger partial charge in [-0.25, -0.2) is 0 Å². The van der Waals surface area contributed by atoms with E-state index in [0.29, 0.717) is 32.4 Å². The largest absolute Gasteiger partial charge is 0.460 e. The van der Waals surface area contributed by atoms with Gasteiger partial charge in [-0.15, -0.1) is 0 Å². The Balaban J connectivity index is 2.08. The van der Waals surface area contributed by atoms with Crippen LogP contribution in [0.5, 0.6) is 0 Å². The summed E-state index contributed by atoms with van der Waals surface area (Å²) in [5, 5.41) is 11.9. The van der Waals surface area contributed by atoms with E-state index in [4.69, 9.17) is 4.74 Å². The summed E-state index contributed by atoms with van der Waals surface area (Å²) in [5.41, 5.74) is -0.488. The van der Waals surface area contributed by atoms with Crippen LogP contribution in [0.4, 0.5) is 0 Å². The third-order valence-electron chi connectivity index (χ3n) is 3.41. The minimum atomic E-state index is -0.488. The monoisotopic (exact) mass is 328 g/mol. The van der Waals surface area contributed by atoms with Crippen molar-refractivity contribution in [3.05, 3.63) is 0 Å². The lowest BCUT2D eigenvalue weighted by Crippen LogP contribution is -2.39. The Kier molecular flexibility index (Phi) is 7.48. The fraction of sp³-hybridized carbons (Fsp3) is 0.812. The lowest BCUT2D eigenvalue weighted by Gasteiger charge is -2.19. The molecule has 0 aliphatic carbocycles. The average molecular weight is 328 g/mol. The molecule has 0 bridgehead atoms. The number of rotatable bonds is 7. The van der Waals surface area contributed by atoms with Gasteiger partial charge in [-0.3, -0.25) is 14.4 Å². The standard InChI is InChI=1S/C16H28N2O5/c1-16(2,3)23-15(22)7-5-4-6-13(20)17-10-14(21)18-9-8-12(19)11-18/h12,19H,4-11H2,1-3H3,(H,17,20)/t12-/m1/s1. The Hall–Kier alpha value is -1.63. The van der Waals surface area contributed by atoms with Crippen molar-refractivity contribution in [1.82, 2.24) is 10.2 Å². The van der Waals surface area contributed by atoms with Crippen molar-refractivity contribution >= 4 is 17.8 Å². The SMILES string of the molecule is CC(C)(C)OC(=O)CCCCC(=O)NCC(=O)N1CC[C@@H](O)C1. The molecular weight excluding hydrogens is 300 g/mol. The zero-order valence-electron chi connectivity index (χ0n) is 14.3. The number of β-amino-alcohol motifs (C(OH)–C–C–N with tert-alkyl or cyclic N) is 1. The molecule has 1 fully saturated rings. The molecule has 0 spiro atoms. The van der Waals surface area contributed by atoms with Crippen LogP contribution in [0.15, 0.2) is 0 Å². The summed E-state index contributed by atoms with van der Waals surface area (Å²) in [6.45, 7) is 6.27. The molecule has 0 aromatic carbocycles. The molecule has 1 atom stereocenters. The molecule has 1 heterocycles. The normalized spacial score (nSPS) is 17.9. The van der Waals surface area contributed by atoms with Crippen molar-refractivity contribution < 1.29 is 24.2 Å². The Bertz CT molecular complexity index is 431. The molecule has 0 aromatic heterocycles. The van der Waals surface area contributed by atoms with Crippen LogP contribution in [0.2, 0.25) is 0 Å². The maximum atomic E-state index is 11.8. The number of unbranched alkanes of at least 4 members (excludes halogenated alkanes) is 1. The van der Waals surface area contributed by atoms with E-state index >= 15 is 0 Å². The fourth-order valence-corrected chi connectivity index (χ4v) is 2.29. The quantitative estimate of drug-likeness (QED) is 0.527. The lowest BCUT2D eigenvalue weighted by atomic mass is 10.1. The number of hydrogen-bond donors (Lipinski definition) is 2. The Morgan fingerprint density at radius 1 is 1.22 bits per heavy atom. The zero-order chi connectivity index (χ0) is 17.5. The molecule has 0 saturated carbocycles. The van der Waals surface area contributed by atoms with Gasteiger partial charge in [-0.2, -0.15) is 0 Å². The molecule has 7 heteroatoms. The van der Waals surface area contributed by atoms with E-state index in [1.807, 2.05) is 20.8 Å². The molecule has 23 heavy (non-hydrogen) atoms. The molecule has 0 unspecified atom stereocenters. The number of likely N-dealkylation sites (tertiary alicyclic amines) is 1. The van der Waals surface area contributed by atoms with Gasteiger partial charge < -0.3 is 20.1 Å². The molecule has 2 amide bonds. The molecule has 2 N–H and O–H groups in total. The minimum Gasteiger partial charge on any atom is -0.460 e. The molecule has 7 nitrogen and oxygen atoms in total. The molecule has 1 aliphatic rings. The van der Waals surface area contributed by atoms with Gasteiger partial charge in [0.1, 0.15) is 5.60 Å². The first kappa shape index (κ1) is 19.4. The number of hydrogen-bond acceptors (Lipinski definition) is 5. The highest BCUT2D eigenvalue weighted by Crippen LogP contribution is 2.11.